The Hall–Kier alpha value is -1.30. The van der Waals surface area contributed by atoms with Gasteiger partial charge >= 0.3 is 5.97 Å². The van der Waals surface area contributed by atoms with Crippen LogP contribution in [0.2, 0.25) is 0 Å². The fraction of sp³-hybridized carbons (Fsp3) is 0.889. The highest BCUT2D eigenvalue weighted by molar-refractivity contribution is 5.83. The molecule has 0 amide bonds. The number of carbonyl (C=O) groups is 1. The van der Waals surface area contributed by atoms with E-state index in [0.717, 1.165) is 19.6 Å². The van der Waals surface area contributed by atoms with E-state index in [0.29, 0.717) is 18.1 Å². The molecule has 2 unspecified atom stereocenters. The maximum absolute atomic E-state index is 11.9. The molecule has 2 N–H and O–H groups in total. The average molecular weight is 339 g/mol. The van der Waals surface area contributed by atoms with Crippen molar-refractivity contribution in [1.82, 2.24) is 10.6 Å². The first kappa shape index (κ1) is 19.0. The summed E-state index contributed by atoms with van der Waals surface area (Å²) in [4.78, 5) is 16.3. The monoisotopic (exact) mass is 339 g/mol. The standard InChI is InChI=1S/C18H33N3O3/c1-6-19-16(20-12-15(22)24-17(3,4)5)21-13-11-14(23-7-2)18(13)9-8-10-18/h13-14H,6-12H2,1-5H3,(H2,19,20,21). The Bertz CT molecular complexity index is 467. The quantitative estimate of drug-likeness (QED) is 0.441. The minimum atomic E-state index is -0.479. The van der Waals surface area contributed by atoms with Crippen molar-refractivity contribution in [2.75, 3.05) is 19.7 Å². The summed E-state index contributed by atoms with van der Waals surface area (Å²) in [5, 5.41) is 6.73. The van der Waals surface area contributed by atoms with E-state index in [1.807, 2.05) is 27.7 Å². The highest BCUT2D eigenvalue weighted by Crippen LogP contribution is 2.57. The molecular formula is C18H33N3O3. The molecule has 138 valence electrons. The van der Waals surface area contributed by atoms with Gasteiger partial charge in [-0.05, 0) is 53.9 Å². The molecule has 0 heterocycles. The third-order valence-electron chi connectivity index (χ3n) is 4.88. The fourth-order valence-corrected chi connectivity index (χ4v) is 3.64. The molecule has 2 atom stereocenters. The molecule has 0 radical (unpaired) electrons. The molecule has 1 spiro atoms. The van der Waals surface area contributed by atoms with E-state index in [2.05, 4.69) is 22.5 Å². The zero-order valence-corrected chi connectivity index (χ0v) is 15.8. The van der Waals surface area contributed by atoms with Gasteiger partial charge in [0.15, 0.2) is 5.96 Å². The van der Waals surface area contributed by atoms with Gasteiger partial charge in [-0.1, -0.05) is 6.42 Å². The predicted molar refractivity (Wildman–Crippen MR) is 95.1 cm³/mol. The van der Waals surface area contributed by atoms with Gasteiger partial charge < -0.3 is 20.1 Å². The minimum absolute atomic E-state index is 0.0290. The molecule has 6 heteroatoms. The van der Waals surface area contributed by atoms with Crippen LogP contribution in [0.5, 0.6) is 0 Å². The van der Waals surface area contributed by atoms with Crippen LogP contribution in [0.3, 0.4) is 0 Å². The average Bonchev–Trinajstić information content (AvgIpc) is 2.39. The lowest BCUT2D eigenvalue weighted by Crippen LogP contribution is -2.68. The smallest absolute Gasteiger partial charge is 0.328 e. The van der Waals surface area contributed by atoms with Crippen LogP contribution in [-0.4, -0.2) is 49.4 Å². The number of ether oxygens (including phenoxy) is 2. The Morgan fingerprint density at radius 1 is 1.29 bits per heavy atom. The minimum Gasteiger partial charge on any atom is -0.459 e. The molecule has 2 fully saturated rings. The molecule has 2 aliphatic rings. The van der Waals surface area contributed by atoms with E-state index in [1.165, 1.54) is 19.3 Å². The van der Waals surface area contributed by atoms with E-state index in [-0.39, 0.29) is 17.9 Å². The predicted octanol–water partition coefficient (Wildman–Crippen LogP) is 2.23. The van der Waals surface area contributed by atoms with Crippen LogP contribution in [-0.2, 0) is 14.3 Å². The Kier molecular flexibility index (Phi) is 6.12. The SMILES string of the molecule is CCNC(=NCC(=O)OC(C)(C)C)NC1CC(OCC)C12CCC2. The van der Waals surface area contributed by atoms with Crippen molar-refractivity contribution >= 4 is 11.9 Å². The lowest BCUT2D eigenvalue weighted by molar-refractivity contribution is -0.168. The number of esters is 1. The molecule has 0 aromatic rings. The summed E-state index contributed by atoms with van der Waals surface area (Å²) in [6.45, 7) is 11.2. The number of hydrogen-bond donors (Lipinski definition) is 2. The molecule has 2 rings (SSSR count). The van der Waals surface area contributed by atoms with Gasteiger partial charge in [0.1, 0.15) is 12.1 Å². The third-order valence-corrected chi connectivity index (χ3v) is 4.88. The second kappa shape index (κ2) is 7.72. The zero-order valence-electron chi connectivity index (χ0n) is 15.8. The summed E-state index contributed by atoms with van der Waals surface area (Å²) in [7, 11) is 0. The molecule has 2 saturated carbocycles. The van der Waals surface area contributed by atoms with Crippen molar-refractivity contribution in [3.63, 3.8) is 0 Å². The zero-order chi connectivity index (χ0) is 17.8. The number of nitrogens with one attached hydrogen (secondary N) is 2. The van der Waals surface area contributed by atoms with Crippen LogP contribution in [0.15, 0.2) is 4.99 Å². The Labute approximate surface area is 145 Å². The first-order valence-electron chi connectivity index (χ1n) is 9.19. The molecule has 0 bridgehead atoms. The Morgan fingerprint density at radius 2 is 2.00 bits per heavy atom. The van der Waals surface area contributed by atoms with Gasteiger partial charge in [-0.3, -0.25) is 4.79 Å². The van der Waals surface area contributed by atoms with Crippen LogP contribution >= 0.6 is 0 Å². The maximum atomic E-state index is 11.9. The van der Waals surface area contributed by atoms with Crippen molar-refractivity contribution in [2.45, 2.75) is 78.0 Å². The highest BCUT2D eigenvalue weighted by Gasteiger charge is 2.59. The molecule has 2 aliphatic carbocycles. The Morgan fingerprint density at radius 3 is 2.50 bits per heavy atom. The molecular weight excluding hydrogens is 306 g/mol. The van der Waals surface area contributed by atoms with Gasteiger partial charge in [-0.15, -0.1) is 0 Å². The van der Waals surface area contributed by atoms with Crippen molar-refractivity contribution < 1.29 is 14.3 Å². The normalized spacial score (nSPS) is 25.6. The van der Waals surface area contributed by atoms with E-state index in [4.69, 9.17) is 9.47 Å². The number of guanidine groups is 1. The van der Waals surface area contributed by atoms with E-state index in [9.17, 15) is 4.79 Å². The maximum Gasteiger partial charge on any atom is 0.328 e. The highest BCUT2D eigenvalue weighted by atomic mass is 16.6. The summed E-state index contributed by atoms with van der Waals surface area (Å²) < 4.78 is 11.2. The summed E-state index contributed by atoms with van der Waals surface area (Å²) in [6, 6.07) is 0.374. The van der Waals surface area contributed by atoms with Crippen LogP contribution in [0, 0.1) is 5.41 Å². The summed E-state index contributed by atoms with van der Waals surface area (Å²) in [5.74, 6) is 0.383. The first-order chi connectivity index (χ1) is 11.3. The van der Waals surface area contributed by atoms with Gasteiger partial charge in [0.25, 0.3) is 0 Å². The van der Waals surface area contributed by atoms with Crippen molar-refractivity contribution in [3.8, 4) is 0 Å². The van der Waals surface area contributed by atoms with Crippen molar-refractivity contribution in [1.29, 1.82) is 0 Å². The number of rotatable bonds is 6. The van der Waals surface area contributed by atoms with E-state index in [1.54, 1.807) is 0 Å². The fourth-order valence-electron chi connectivity index (χ4n) is 3.64. The third kappa shape index (κ3) is 4.41. The summed E-state index contributed by atoms with van der Waals surface area (Å²) in [6.07, 6.45) is 5.06. The molecule has 0 aromatic carbocycles. The molecule has 0 aromatic heterocycles. The van der Waals surface area contributed by atoms with Gasteiger partial charge in [0.05, 0.1) is 6.10 Å². The first-order valence-corrected chi connectivity index (χ1v) is 9.19. The number of aliphatic imine (C=N–C) groups is 1. The number of nitrogens with zero attached hydrogens (tertiary/aromatic N) is 1. The number of carbonyl (C=O) groups excluding carboxylic acids is 1. The molecule has 6 nitrogen and oxygen atoms in total. The van der Waals surface area contributed by atoms with Crippen molar-refractivity contribution in [2.24, 2.45) is 10.4 Å². The largest absolute Gasteiger partial charge is 0.459 e. The molecule has 24 heavy (non-hydrogen) atoms. The topological polar surface area (TPSA) is 72.0 Å². The second-order valence-electron chi connectivity index (χ2n) is 7.74. The number of hydrogen-bond acceptors (Lipinski definition) is 4. The summed E-state index contributed by atoms with van der Waals surface area (Å²) >= 11 is 0. The van der Waals surface area contributed by atoms with Crippen LogP contribution < -0.4 is 10.6 Å². The van der Waals surface area contributed by atoms with E-state index < -0.39 is 5.60 Å². The molecule has 0 saturated heterocycles. The second-order valence-corrected chi connectivity index (χ2v) is 7.74. The van der Waals surface area contributed by atoms with Gasteiger partial charge in [-0.2, -0.15) is 0 Å². The van der Waals surface area contributed by atoms with Gasteiger partial charge in [-0.25, -0.2) is 4.99 Å². The Balaban J connectivity index is 1.91. The lowest BCUT2D eigenvalue weighted by Gasteiger charge is -2.61. The van der Waals surface area contributed by atoms with Crippen LogP contribution in [0.1, 0.15) is 60.3 Å². The van der Waals surface area contributed by atoms with Crippen LogP contribution in [0.25, 0.3) is 0 Å². The molecule has 0 aliphatic heterocycles. The van der Waals surface area contributed by atoms with Gasteiger partial charge in [0.2, 0.25) is 0 Å². The van der Waals surface area contributed by atoms with Gasteiger partial charge in [0, 0.05) is 24.6 Å². The van der Waals surface area contributed by atoms with E-state index >= 15 is 0 Å². The lowest BCUT2D eigenvalue weighted by atomic mass is 9.51. The van der Waals surface area contributed by atoms with Crippen molar-refractivity contribution in [3.05, 3.63) is 0 Å². The summed E-state index contributed by atoms with van der Waals surface area (Å²) in [5.41, 5.74) is -0.217. The van der Waals surface area contributed by atoms with Crippen LogP contribution in [0.4, 0.5) is 0 Å².